The van der Waals surface area contributed by atoms with E-state index in [-0.39, 0.29) is 17.8 Å². The highest BCUT2D eigenvalue weighted by Crippen LogP contribution is 2.42. The van der Waals surface area contributed by atoms with Crippen LogP contribution in [0.2, 0.25) is 0 Å². The maximum Gasteiger partial charge on any atom is 0.0461 e. The van der Waals surface area contributed by atoms with Gasteiger partial charge in [0.25, 0.3) is 0 Å². The maximum absolute atomic E-state index is 2.41. The van der Waals surface area contributed by atoms with E-state index in [2.05, 4.69) is 296 Å². The normalized spacial score (nSPS) is 12.7. The van der Waals surface area contributed by atoms with Gasteiger partial charge in [-0.25, -0.2) is 0 Å². The molecule has 0 bridgehead atoms. The Labute approximate surface area is 411 Å². The van der Waals surface area contributed by atoms with Crippen LogP contribution in [-0.4, -0.2) is 0 Å². The van der Waals surface area contributed by atoms with Crippen LogP contribution in [0.4, 0.5) is 17.1 Å². The van der Waals surface area contributed by atoms with Crippen molar-refractivity contribution < 1.29 is 0 Å². The molecule has 0 saturated carbocycles. The highest BCUT2D eigenvalue weighted by atomic mass is 15.1. The van der Waals surface area contributed by atoms with E-state index >= 15 is 0 Å². The summed E-state index contributed by atoms with van der Waals surface area (Å²) in [6.07, 6.45) is 0. The zero-order valence-electron chi connectivity index (χ0n) is 38.9. The van der Waals surface area contributed by atoms with E-state index < -0.39 is 0 Å². The molecule has 12 aromatic carbocycles. The van der Waals surface area contributed by atoms with Crippen LogP contribution in [0.25, 0.3) is 32.3 Å². The van der Waals surface area contributed by atoms with Crippen LogP contribution in [0.3, 0.4) is 0 Å². The van der Waals surface area contributed by atoms with Gasteiger partial charge in [-0.2, -0.15) is 0 Å². The fourth-order valence-corrected chi connectivity index (χ4v) is 10.7. The van der Waals surface area contributed by atoms with Crippen LogP contribution in [-0.2, 0) is 0 Å². The van der Waals surface area contributed by atoms with Gasteiger partial charge in [0.2, 0.25) is 0 Å². The molecule has 12 aromatic rings. The van der Waals surface area contributed by atoms with Gasteiger partial charge in [0.1, 0.15) is 0 Å². The molecule has 0 N–H and O–H groups in total. The number of fused-ring (bicyclic) bond motifs is 3. The van der Waals surface area contributed by atoms with Gasteiger partial charge in [-0.1, -0.05) is 255 Å². The lowest BCUT2D eigenvalue weighted by atomic mass is 9.84. The standard InChI is InChI=1S/C69H51N/c1-4-19-52(20-5-1)67(61-31-28-49-16-10-13-25-58(49)46-61)55-34-40-64(41-35-55)70(65-42-36-56(37-43-65)68(53-21-6-2-7-22-53)62-32-29-50-17-11-14-26-59(50)47-62)66-44-38-57(39-45-66)69(54-23-8-3-9-24-54)63-33-30-51-18-12-15-27-60(51)48-63/h1-48,67-69H. The second-order valence-corrected chi connectivity index (χ2v) is 18.5. The molecule has 70 heavy (non-hydrogen) atoms. The minimum Gasteiger partial charge on any atom is -0.311 e. The smallest absolute Gasteiger partial charge is 0.0461 e. The number of nitrogens with zero attached hydrogens (tertiary/aromatic N) is 1. The largest absolute Gasteiger partial charge is 0.311 e. The van der Waals surface area contributed by atoms with Gasteiger partial charge in [-0.05, 0) is 119 Å². The Hall–Kier alpha value is -8.78. The van der Waals surface area contributed by atoms with Gasteiger partial charge >= 0.3 is 0 Å². The molecule has 0 aliphatic heterocycles. The first-order chi connectivity index (χ1) is 34.7. The minimum atomic E-state index is 0.0712. The average molecular weight is 894 g/mol. The van der Waals surface area contributed by atoms with Crippen LogP contribution in [0, 0.1) is 0 Å². The number of benzene rings is 12. The zero-order valence-corrected chi connectivity index (χ0v) is 38.9. The van der Waals surface area contributed by atoms with Crippen LogP contribution in [0.5, 0.6) is 0 Å². The van der Waals surface area contributed by atoms with Crippen molar-refractivity contribution in [1.29, 1.82) is 0 Å². The summed E-state index contributed by atoms with van der Waals surface area (Å²) in [4.78, 5) is 2.41. The first kappa shape index (κ1) is 42.6. The molecule has 0 amide bonds. The molecular weight excluding hydrogens is 843 g/mol. The summed E-state index contributed by atoms with van der Waals surface area (Å²) in [5.41, 5.74) is 14.7. The van der Waals surface area contributed by atoms with Crippen molar-refractivity contribution in [3.8, 4) is 0 Å². The Kier molecular flexibility index (Phi) is 11.6. The monoisotopic (exact) mass is 893 g/mol. The van der Waals surface area contributed by atoms with E-state index in [9.17, 15) is 0 Å². The van der Waals surface area contributed by atoms with E-state index in [1.807, 2.05) is 0 Å². The van der Waals surface area contributed by atoms with E-state index in [0.29, 0.717) is 0 Å². The molecule has 1 heteroatoms. The molecule has 0 heterocycles. The van der Waals surface area contributed by atoms with E-state index in [4.69, 9.17) is 0 Å². The summed E-state index contributed by atoms with van der Waals surface area (Å²) >= 11 is 0. The van der Waals surface area contributed by atoms with Crippen LogP contribution in [0.15, 0.2) is 291 Å². The molecule has 3 atom stereocenters. The summed E-state index contributed by atoms with van der Waals surface area (Å²) in [5.74, 6) is 0.214. The van der Waals surface area contributed by atoms with Crippen molar-refractivity contribution in [2.24, 2.45) is 0 Å². The van der Waals surface area contributed by atoms with Crippen molar-refractivity contribution in [2.75, 3.05) is 4.90 Å². The first-order valence-corrected chi connectivity index (χ1v) is 24.4. The number of hydrogen-bond donors (Lipinski definition) is 0. The quantitative estimate of drug-likeness (QED) is 0.110. The van der Waals surface area contributed by atoms with E-state index in [1.54, 1.807) is 0 Å². The Bertz CT molecular complexity index is 3300. The van der Waals surface area contributed by atoms with Crippen LogP contribution >= 0.6 is 0 Å². The predicted octanol–water partition coefficient (Wildman–Crippen LogP) is 18.2. The topological polar surface area (TPSA) is 3.24 Å². The molecule has 0 aliphatic carbocycles. The Balaban J connectivity index is 0.961. The highest BCUT2D eigenvalue weighted by Gasteiger charge is 2.23. The van der Waals surface area contributed by atoms with Crippen molar-refractivity contribution >= 4 is 49.4 Å². The lowest BCUT2D eigenvalue weighted by Gasteiger charge is -2.28. The van der Waals surface area contributed by atoms with Crippen LogP contribution in [0.1, 0.15) is 67.8 Å². The number of rotatable bonds is 12. The summed E-state index contributed by atoms with van der Waals surface area (Å²) in [5, 5.41) is 7.50. The van der Waals surface area contributed by atoms with Crippen molar-refractivity contribution in [1.82, 2.24) is 0 Å². The van der Waals surface area contributed by atoms with Gasteiger partial charge in [-0.3, -0.25) is 0 Å². The van der Waals surface area contributed by atoms with Crippen LogP contribution < -0.4 is 4.90 Å². The molecule has 12 rings (SSSR count). The van der Waals surface area contributed by atoms with Gasteiger partial charge in [-0.15, -0.1) is 0 Å². The molecular formula is C69H51N. The van der Waals surface area contributed by atoms with Gasteiger partial charge < -0.3 is 4.90 Å². The van der Waals surface area contributed by atoms with Crippen molar-refractivity contribution in [3.63, 3.8) is 0 Å². The third-order valence-corrected chi connectivity index (χ3v) is 14.2. The third-order valence-electron chi connectivity index (χ3n) is 14.2. The minimum absolute atomic E-state index is 0.0712. The van der Waals surface area contributed by atoms with Gasteiger partial charge in [0, 0.05) is 34.8 Å². The predicted molar refractivity (Wildman–Crippen MR) is 295 cm³/mol. The summed E-state index contributed by atoms with van der Waals surface area (Å²) in [6.45, 7) is 0. The Morgan fingerprint density at radius 2 is 0.386 bits per heavy atom. The lowest BCUT2D eigenvalue weighted by molar-refractivity contribution is 0.976. The van der Waals surface area contributed by atoms with E-state index in [0.717, 1.165) is 17.1 Å². The number of hydrogen-bond acceptors (Lipinski definition) is 1. The van der Waals surface area contributed by atoms with Gasteiger partial charge in [0.15, 0.2) is 0 Å². The SMILES string of the molecule is c1ccc(C(c2ccc(N(c3ccc(C(c4ccccc4)c4ccc5ccccc5c4)cc3)c3ccc(C(c4ccccc4)c4ccc5ccccc5c4)cc3)cc2)c2ccc3ccccc3c2)cc1. The maximum atomic E-state index is 2.41. The fraction of sp³-hybridized carbons (Fsp3) is 0.0435. The Morgan fingerprint density at radius 1 is 0.171 bits per heavy atom. The van der Waals surface area contributed by atoms with Gasteiger partial charge in [0.05, 0.1) is 0 Å². The summed E-state index contributed by atoms with van der Waals surface area (Å²) < 4.78 is 0. The molecule has 0 fully saturated rings. The molecule has 1 nitrogen and oxygen atoms in total. The number of anilines is 3. The zero-order chi connectivity index (χ0) is 46.6. The summed E-state index contributed by atoms with van der Waals surface area (Å²) in [7, 11) is 0. The van der Waals surface area contributed by atoms with Crippen molar-refractivity contribution in [2.45, 2.75) is 17.8 Å². The highest BCUT2D eigenvalue weighted by molar-refractivity contribution is 5.86. The summed E-state index contributed by atoms with van der Waals surface area (Å²) in [6, 6.07) is 107. The van der Waals surface area contributed by atoms with Crippen molar-refractivity contribution in [3.05, 3.63) is 341 Å². The second-order valence-electron chi connectivity index (χ2n) is 18.5. The third kappa shape index (κ3) is 8.55. The molecule has 0 spiro atoms. The molecule has 0 radical (unpaired) electrons. The molecule has 0 aromatic heterocycles. The lowest BCUT2D eigenvalue weighted by Crippen LogP contribution is -2.12. The molecule has 332 valence electrons. The fourth-order valence-electron chi connectivity index (χ4n) is 10.7. The molecule has 3 unspecified atom stereocenters. The van der Waals surface area contributed by atoms with E-state index in [1.165, 1.54) is 82.4 Å². The second kappa shape index (κ2) is 19.1. The first-order valence-electron chi connectivity index (χ1n) is 24.4. The average Bonchev–Trinajstić information content (AvgIpc) is 3.43. The molecule has 0 aliphatic rings. The Morgan fingerprint density at radius 3 is 0.657 bits per heavy atom. The molecule has 0 saturated heterocycles.